The standard InChI is InChI=1S/C8H4Br2ClFO/c9-4-1-5(7(13)3-11)8(10)6(12)2-4/h1-2H,3H2. The van der Waals surface area contributed by atoms with E-state index in [1.807, 2.05) is 0 Å². The molecule has 0 atom stereocenters. The van der Waals surface area contributed by atoms with Crippen LogP contribution in [0.4, 0.5) is 4.39 Å². The van der Waals surface area contributed by atoms with E-state index >= 15 is 0 Å². The van der Waals surface area contributed by atoms with Crippen LogP contribution in [0, 0.1) is 5.82 Å². The van der Waals surface area contributed by atoms with Gasteiger partial charge in [0.1, 0.15) is 5.82 Å². The molecule has 0 heterocycles. The Kier molecular flexibility index (Phi) is 3.88. The molecule has 1 aromatic carbocycles. The van der Waals surface area contributed by atoms with E-state index in [1.54, 1.807) is 0 Å². The number of ketones is 1. The number of rotatable bonds is 2. The average molecular weight is 330 g/mol. The van der Waals surface area contributed by atoms with Crippen LogP contribution < -0.4 is 0 Å². The third kappa shape index (κ3) is 2.51. The summed E-state index contributed by atoms with van der Waals surface area (Å²) in [5, 5.41) is 0. The Hall–Kier alpha value is 0.0700. The van der Waals surface area contributed by atoms with Crippen LogP contribution in [0.15, 0.2) is 21.1 Å². The maximum absolute atomic E-state index is 13.1. The Bertz CT molecular complexity index is 354. The van der Waals surface area contributed by atoms with Gasteiger partial charge in [-0.05, 0) is 28.1 Å². The third-order valence-electron chi connectivity index (χ3n) is 1.41. The van der Waals surface area contributed by atoms with Crippen LogP contribution in [0.25, 0.3) is 0 Å². The summed E-state index contributed by atoms with van der Waals surface area (Å²) >= 11 is 11.4. The zero-order valence-electron chi connectivity index (χ0n) is 6.28. The van der Waals surface area contributed by atoms with E-state index in [2.05, 4.69) is 31.9 Å². The molecule has 0 N–H and O–H groups in total. The molecule has 1 rings (SSSR count). The van der Waals surface area contributed by atoms with Crippen LogP contribution in [0.3, 0.4) is 0 Å². The largest absolute Gasteiger partial charge is 0.293 e. The van der Waals surface area contributed by atoms with Crippen molar-refractivity contribution in [2.75, 3.05) is 5.88 Å². The average Bonchev–Trinajstić information content (AvgIpc) is 2.10. The van der Waals surface area contributed by atoms with Gasteiger partial charge in [-0.1, -0.05) is 15.9 Å². The molecule has 0 radical (unpaired) electrons. The van der Waals surface area contributed by atoms with Crippen LogP contribution in [-0.2, 0) is 0 Å². The van der Waals surface area contributed by atoms with Crippen molar-refractivity contribution in [2.24, 2.45) is 0 Å². The summed E-state index contributed by atoms with van der Waals surface area (Å²) in [5.74, 6) is -0.953. The molecule has 0 spiro atoms. The monoisotopic (exact) mass is 328 g/mol. The second-order valence-electron chi connectivity index (χ2n) is 2.31. The Morgan fingerprint density at radius 1 is 1.46 bits per heavy atom. The molecule has 70 valence electrons. The molecule has 0 bridgehead atoms. The minimum absolute atomic E-state index is 0.154. The lowest BCUT2D eigenvalue weighted by atomic mass is 10.1. The van der Waals surface area contributed by atoms with Gasteiger partial charge < -0.3 is 0 Å². The first-order valence-corrected chi connectivity index (χ1v) is 5.42. The van der Waals surface area contributed by atoms with Crippen molar-refractivity contribution in [1.82, 2.24) is 0 Å². The molecule has 0 saturated carbocycles. The van der Waals surface area contributed by atoms with Crippen LogP contribution in [0.2, 0.25) is 0 Å². The first kappa shape index (κ1) is 11.1. The molecule has 0 fully saturated rings. The lowest BCUT2D eigenvalue weighted by Crippen LogP contribution is -2.02. The number of benzene rings is 1. The van der Waals surface area contributed by atoms with Crippen molar-refractivity contribution < 1.29 is 9.18 Å². The summed E-state index contributed by atoms with van der Waals surface area (Å²) in [6, 6.07) is 2.80. The Morgan fingerprint density at radius 2 is 2.08 bits per heavy atom. The van der Waals surface area contributed by atoms with Gasteiger partial charge in [-0.25, -0.2) is 4.39 Å². The van der Waals surface area contributed by atoms with E-state index in [-0.39, 0.29) is 21.7 Å². The molecule has 5 heteroatoms. The molecule has 1 nitrogen and oxygen atoms in total. The van der Waals surface area contributed by atoms with E-state index in [0.717, 1.165) is 0 Å². The first-order valence-electron chi connectivity index (χ1n) is 3.30. The molecule has 0 aliphatic heterocycles. The highest BCUT2D eigenvalue weighted by Crippen LogP contribution is 2.25. The van der Waals surface area contributed by atoms with E-state index in [0.29, 0.717) is 4.47 Å². The molecule has 1 aromatic rings. The summed E-state index contributed by atoms with van der Waals surface area (Å²) in [4.78, 5) is 11.2. The molecular weight excluding hydrogens is 326 g/mol. The molecule has 0 saturated heterocycles. The third-order valence-corrected chi connectivity index (χ3v) is 2.92. The molecule has 0 aliphatic rings. The Morgan fingerprint density at radius 3 is 2.62 bits per heavy atom. The van der Waals surface area contributed by atoms with Crippen molar-refractivity contribution in [3.63, 3.8) is 0 Å². The number of Topliss-reactive ketones (excluding diaryl/α,β-unsaturated/α-hetero) is 1. The minimum Gasteiger partial charge on any atom is -0.293 e. The quantitative estimate of drug-likeness (QED) is 0.458. The number of carbonyl (C=O) groups is 1. The Balaban J connectivity index is 3.28. The highest BCUT2D eigenvalue weighted by Gasteiger charge is 2.13. The van der Waals surface area contributed by atoms with Gasteiger partial charge in [-0.15, -0.1) is 11.6 Å². The lowest BCUT2D eigenvalue weighted by Gasteiger charge is -2.03. The normalized spacial score (nSPS) is 10.2. The predicted molar refractivity (Wildman–Crippen MR) is 56.9 cm³/mol. The minimum atomic E-state index is -0.483. The van der Waals surface area contributed by atoms with Gasteiger partial charge in [-0.2, -0.15) is 0 Å². The summed E-state index contributed by atoms with van der Waals surface area (Å²) < 4.78 is 13.7. The van der Waals surface area contributed by atoms with Gasteiger partial charge in [0.25, 0.3) is 0 Å². The van der Waals surface area contributed by atoms with Crippen molar-refractivity contribution in [1.29, 1.82) is 0 Å². The van der Waals surface area contributed by atoms with Gasteiger partial charge in [0, 0.05) is 10.0 Å². The number of alkyl halides is 1. The summed E-state index contributed by atoms with van der Waals surface area (Å²) in [7, 11) is 0. The highest BCUT2D eigenvalue weighted by atomic mass is 79.9. The zero-order chi connectivity index (χ0) is 10.0. The number of hydrogen-bond acceptors (Lipinski definition) is 1. The van der Waals surface area contributed by atoms with E-state index in [1.165, 1.54) is 12.1 Å². The lowest BCUT2D eigenvalue weighted by molar-refractivity contribution is 0.101. The molecular formula is C8H4Br2ClFO. The van der Waals surface area contributed by atoms with E-state index in [9.17, 15) is 9.18 Å². The van der Waals surface area contributed by atoms with Crippen LogP contribution in [0.5, 0.6) is 0 Å². The molecule has 0 aliphatic carbocycles. The number of carbonyl (C=O) groups excluding carboxylic acids is 1. The van der Waals surface area contributed by atoms with Gasteiger partial charge in [-0.3, -0.25) is 4.79 Å². The summed E-state index contributed by atoms with van der Waals surface area (Å²) in [6.07, 6.45) is 0. The number of halogens is 4. The maximum atomic E-state index is 13.1. The zero-order valence-corrected chi connectivity index (χ0v) is 10.2. The van der Waals surface area contributed by atoms with Crippen LogP contribution >= 0.6 is 43.5 Å². The fourth-order valence-corrected chi connectivity index (χ4v) is 1.85. The van der Waals surface area contributed by atoms with Gasteiger partial charge >= 0.3 is 0 Å². The van der Waals surface area contributed by atoms with Gasteiger partial charge in [0.05, 0.1) is 10.4 Å². The first-order chi connectivity index (χ1) is 6.06. The number of hydrogen-bond donors (Lipinski definition) is 0. The van der Waals surface area contributed by atoms with Gasteiger partial charge in [0.2, 0.25) is 0 Å². The second-order valence-corrected chi connectivity index (χ2v) is 4.28. The highest BCUT2D eigenvalue weighted by molar-refractivity contribution is 9.11. The molecule has 0 aromatic heterocycles. The van der Waals surface area contributed by atoms with Gasteiger partial charge in [0.15, 0.2) is 5.78 Å². The van der Waals surface area contributed by atoms with Crippen molar-refractivity contribution >= 4 is 49.2 Å². The maximum Gasteiger partial charge on any atom is 0.178 e. The topological polar surface area (TPSA) is 17.1 Å². The van der Waals surface area contributed by atoms with E-state index in [4.69, 9.17) is 11.6 Å². The SMILES string of the molecule is O=C(CCl)c1cc(Br)cc(F)c1Br. The van der Waals surface area contributed by atoms with Crippen molar-refractivity contribution in [3.8, 4) is 0 Å². The summed E-state index contributed by atoms with van der Waals surface area (Å²) in [5.41, 5.74) is 0.252. The molecule has 0 amide bonds. The van der Waals surface area contributed by atoms with Crippen molar-refractivity contribution in [2.45, 2.75) is 0 Å². The smallest absolute Gasteiger partial charge is 0.178 e. The molecule has 13 heavy (non-hydrogen) atoms. The predicted octanol–water partition coefficient (Wildman–Crippen LogP) is 3.77. The van der Waals surface area contributed by atoms with Crippen molar-refractivity contribution in [3.05, 3.63) is 32.5 Å². The fourth-order valence-electron chi connectivity index (χ4n) is 0.831. The fraction of sp³-hybridized carbons (Fsp3) is 0.125. The van der Waals surface area contributed by atoms with E-state index < -0.39 is 5.82 Å². The second kappa shape index (κ2) is 4.53. The Labute approximate surface area is 96.5 Å². The van der Waals surface area contributed by atoms with Crippen LogP contribution in [-0.4, -0.2) is 11.7 Å². The van der Waals surface area contributed by atoms with Crippen LogP contribution in [0.1, 0.15) is 10.4 Å². The molecule has 0 unspecified atom stereocenters. The summed E-state index contributed by atoms with van der Waals surface area (Å²) in [6.45, 7) is 0.